The van der Waals surface area contributed by atoms with Crippen LogP contribution in [0.3, 0.4) is 0 Å². The van der Waals surface area contributed by atoms with Gasteiger partial charge in [-0.3, -0.25) is 9.69 Å². The summed E-state index contributed by atoms with van der Waals surface area (Å²) in [5.41, 5.74) is 6.74. The molecule has 21 heavy (non-hydrogen) atoms. The van der Waals surface area contributed by atoms with Crippen molar-refractivity contribution in [1.82, 2.24) is 9.80 Å². The number of nitrogens with two attached hydrogens (primary N) is 1. The van der Waals surface area contributed by atoms with Crippen LogP contribution in [0.5, 0.6) is 5.75 Å². The molecule has 0 fully saturated rings. The molecule has 0 unspecified atom stereocenters. The van der Waals surface area contributed by atoms with Gasteiger partial charge >= 0.3 is 0 Å². The Labute approximate surface area is 127 Å². The summed E-state index contributed by atoms with van der Waals surface area (Å²) in [7, 11) is 3.55. The van der Waals surface area contributed by atoms with E-state index in [1.165, 1.54) is 5.56 Å². The minimum absolute atomic E-state index is 0.114. The van der Waals surface area contributed by atoms with Crippen LogP contribution in [0.1, 0.15) is 12.5 Å². The highest BCUT2D eigenvalue weighted by Crippen LogP contribution is 2.12. The Morgan fingerprint density at radius 2 is 1.90 bits per heavy atom. The summed E-state index contributed by atoms with van der Waals surface area (Å²) in [5, 5.41) is 0. The Balaban J connectivity index is 2.35. The molecule has 0 heterocycles. The fourth-order valence-corrected chi connectivity index (χ4v) is 1.89. The highest BCUT2D eigenvalue weighted by Gasteiger charge is 2.10. The molecule has 0 radical (unpaired) electrons. The summed E-state index contributed by atoms with van der Waals surface area (Å²) in [6.07, 6.45) is 0.885. The summed E-state index contributed by atoms with van der Waals surface area (Å²) in [6, 6.07) is 8.00. The third-order valence-electron chi connectivity index (χ3n) is 3.34. The molecule has 0 bridgehead atoms. The van der Waals surface area contributed by atoms with Gasteiger partial charge in [-0.15, -0.1) is 0 Å². The van der Waals surface area contributed by atoms with Crippen LogP contribution < -0.4 is 10.5 Å². The van der Waals surface area contributed by atoms with Crippen molar-refractivity contribution in [2.75, 3.05) is 46.9 Å². The Morgan fingerprint density at radius 3 is 2.43 bits per heavy atom. The summed E-state index contributed by atoms with van der Waals surface area (Å²) < 4.78 is 5.72. The monoisotopic (exact) mass is 293 g/mol. The number of benzene rings is 1. The molecule has 5 heteroatoms. The molecule has 0 atom stereocenters. The molecule has 1 rings (SSSR count). The molecule has 0 aliphatic rings. The molecule has 1 aromatic carbocycles. The number of carbonyl (C=O) groups excluding carboxylic acids is 1. The number of ether oxygens (including phenoxy) is 1. The molecular formula is C16H27N3O2. The first kappa shape index (κ1) is 17.5. The normalized spacial score (nSPS) is 10.7. The second-order valence-electron chi connectivity index (χ2n) is 5.19. The van der Waals surface area contributed by atoms with Gasteiger partial charge in [0.15, 0.2) is 0 Å². The molecule has 5 nitrogen and oxygen atoms in total. The van der Waals surface area contributed by atoms with Gasteiger partial charge in [0.1, 0.15) is 12.4 Å². The first-order valence-corrected chi connectivity index (χ1v) is 7.41. The van der Waals surface area contributed by atoms with Crippen molar-refractivity contribution in [2.45, 2.75) is 13.3 Å². The van der Waals surface area contributed by atoms with Gasteiger partial charge in [0.25, 0.3) is 0 Å². The Hall–Kier alpha value is -1.59. The highest BCUT2D eigenvalue weighted by molar-refractivity contribution is 5.77. The zero-order chi connectivity index (χ0) is 15.7. The lowest BCUT2D eigenvalue weighted by Gasteiger charge is -2.21. The van der Waals surface area contributed by atoms with Gasteiger partial charge in [-0.25, -0.2) is 0 Å². The number of nitrogens with zero attached hydrogens (tertiary/aromatic N) is 2. The molecule has 0 aliphatic heterocycles. The maximum absolute atomic E-state index is 11.7. The topological polar surface area (TPSA) is 58.8 Å². The summed E-state index contributed by atoms with van der Waals surface area (Å²) >= 11 is 0. The number of hydrogen-bond acceptors (Lipinski definition) is 4. The van der Waals surface area contributed by atoms with Crippen LogP contribution in [0, 0.1) is 0 Å². The molecule has 1 amide bonds. The van der Waals surface area contributed by atoms with E-state index in [-0.39, 0.29) is 5.91 Å². The SMILES string of the molecule is CCN(CCOc1ccc(CCN)cc1)CC(=O)N(C)C. The van der Waals surface area contributed by atoms with Crippen molar-refractivity contribution < 1.29 is 9.53 Å². The minimum Gasteiger partial charge on any atom is -0.492 e. The number of carbonyl (C=O) groups is 1. The van der Waals surface area contributed by atoms with Gasteiger partial charge in [-0.2, -0.15) is 0 Å². The average Bonchev–Trinajstić information content (AvgIpc) is 2.48. The Morgan fingerprint density at radius 1 is 1.24 bits per heavy atom. The number of likely N-dealkylation sites (N-methyl/N-ethyl adjacent to an activating group) is 2. The van der Waals surface area contributed by atoms with Gasteiger partial charge < -0.3 is 15.4 Å². The van der Waals surface area contributed by atoms with E-state index < -0.39 is 0 Å². The molecule has 118 valence electrons. The predicted octanol–water partition coefficient (Wildman–Crippen LogP) is 0.977. The van der Waals surface area contributed by atoms with Crippen LogP contribution in [0.25, 0.3) is 0 Å². The quantitative estimate of drug-likeness (QED) is 0.737. The average molecular weight is 293 g/mol. The third-order valence-corrected chi connectivity index (χ3v) is 3.34. The molecule has 0 spiro atoms. The minimum atomic E-state index is 0.114. The maximum Gasteiger partial charge on any atom is 0.236 e. The van der Waals surface area contributed by atoms with Gasteiger partial charge in [0, 0.05) is 20.6 Å². The fraction of sp³-hybridized carbons (Fsp3) is 0.562. The molecular weight excluding hydrogens is 266 g/mol. The molecule has 0 saturated heterocycles. The molecule has 2 N–H and O–H groups in total. The largest absolute Gasteiger partial charge is 0.492 e. The first-order valence-electron chi connectivity index (χ1n) is 7.41. The smallest absolute Gasteiger partial charge is 0.236 e. The highest BCUT2D eigenvalue weighted by atomic mass is 16.5. The zero-order valence-corrected chi connectivity index (χ0v) is 13.3. The molecule has 1 aromatic rings. The predicted molar refractivity (Wildman–Crippen MR) is 85.5 cm³/mol. The van der Waals surface area contributed by atoms with Crippen LogP contribution in [-0.2, 0) is 11.2 Å². The number of rotatable bonds is 9. The van der Waals surface area contributed by atoms with Gasteiger partial charge in [-0.1, -0.05) is 19.1 Å². The van der Waals surface area contributed by atoms with E-state index in [0.29, 0.717) is 19.7 Å². The zero-order valence-electron chi connectivity index (χ0n) is 13.3. The summed E-state index contributed by atoms with van der Waals surface area (Å²) in [4.78, 5) is 15.4. The molecule has 0 saturated carbocycles. The third kappa shape index (κ3) is 6.60. The van der Waals surface area contributed by atoms with Crippen LogP contribution in [-0.4, -0.2) is 62.6 Å². The van der Waals surface area contributed by atoms with Crippen LogP contribution in [0.2, 0.25) is 0 Å². The van der Waals surface area contributed by atoms with Gasteiger partial charge in [0.05, 0.1) is 6.54 Å². The Bertz CT molecular complexity index is 418. The van der Waals surface area contributed by atoms with E-state index in [0.717, 1.165) is 25.3 Å². The summed E-state index contributed by atoms with van der Waals surface area (Å²) in [6.45, 7) is 5.28. The number of hydrogen-bond donors (Lipinski definition) is 1. The van der Waals surface area contributed by atoms with Crippen molar-refractivity contribution in [3.05, 3.63) is 29.8 Å². The van der Waals surface area contributed by atoms with Crippen molar-refractivity contribution in [1.29, 1.82) is 0 Å². The van der Waals surface area contributed by atoms with E-state index in [1.807, 2.05) is 31.2 Å². The molecule has 0 aliphatic carbocycles. The van der Waals surface area contributed by atoms with Crippen LogP contribution >= 0.6 is 0 Å². The van der Waals surface area contributed by atoms with E-state index in [9.17, 15) is 4.79 Å². The van der Waals surface area contributed by atoms with Crippen molar-refractivity contribution in [2.24, 2.45) is 5.73 Å². The van der Waals surface area contributed by atoms with E-state index in [4.69, 9.17) is 10.5 Å². The van der Waals surface area contributed by atoms with Gasteiger partial charge in [0.2, 0.25) is 5.91 Å². The Kier molecular flexibility index (Phi) is 7.79. The summed E-state index contributed by atoms with van der Waals surface area (Å²) in [5.74, 6) is 0.966. The van der Waals surface area contributed by atoms with Crippen molar-refractivity contribution >= 4 is 5.91 Å². The van der Waals surface area contributed by atoms with E-state index in [1.54, 1.807) is 19.0 Å². The molecule has 0 aromatic heterocycles. The number of amides is 1. The van der Waals surface area contributed by atoms with Crippen LogP contribution in [0.15, 0.2) is 24.3 Å². The first-order chi connectivity index (χ1) is 10.1. The van der Waals surface area contributed by atoms with Crippen LogP contribution in [0.4, 0.5) is 0 Å². The van der Waals surface area contributed by atoms with Crippen molar-refractivity contribution in [3.8, 4) is 5.75 Å². The lowest BCUT2D eigenvalue weighted by atomic mass is 10.1. The fourth-order valence-electron chi connectivity index (χ4n) is 1.89. The standard InChI is InChI=1S/C16H27N3O2/c1-4-19(13-16(20)18(2)3)11-12-21-15-7-5-14(6-8-15)9-10-17/h5-8H,4,9-13,17H2,1-3H3. The van der Waals surface area contributed by atoms with E-state index >= 15 is 0 Å². The lowest BCUT2D eigenvalue weighted by Crippen LogP contribution is -2.38. The second kappa shape index (κ2) is 9.37. The maximum atomic E-state index is 11.7. The second-order valence-corrected chi connectivity index (χ2v) is 5.19. The van der Waals surface area contributed by atoms with Crippen molar-refractivity contribution in [3.63, 3.8) is 0 Å². The van der Waals surface area contributed by atoms with Gasteiger partial charge in [-0.05, 0) is 37.2 Å². The van der Waals surface area contributed by atoms with E-state index in [2.05, 4.69) is 4.90 Å². The lowest BCUT2D eigenvalue weighted by molar-refractivity contribution is -0.129.